The summed E-state index contributed by atoms with van der Waals surface area (Å²) in [4.78, 5) is 12.5. The third kappa shape index (κ3) is 6.41. The summed E-state index contributed by atoms with van der Waals surface area (Å²) in [6.45, 7) is 1.44. The molecule has 0 N–H and O–H groups in total. The summed E-state index contributed by atoms with van der Waals surface area (Å²) in [7, 11) is 3.43. The summed E-state index contributed by atoms with van der Waals surface area (Å²) in [6, 6.07) is 16.5. The van der Waals surface area contributed by atoms with Crippen LogP contribution in [0.1, 0.15) is 58.6 Å². The third-order valence-electron chi connectivity index (χ3n) is 5.78. The van der Waals surface area contributed by atoms with Crippen molar-refractivity contribution in [1.82, 2.24) is 0 Å². The molecule has 0 bridgehead atoms. The summed E-state index contributed by atoms with van der Waals surface area (Å²) in [6.07, 6.45) is 5.79. The number of hydrogen-bond donors (Lipinski definition) is 0. The lowest BCUT2D eigenvalue weighted by Crippen LogP contribution is -2.24. The fraction of sp³-hybridized carbons (Fsp3) is 0.480. The maximum absolute atomic E-state index is 12.5. The van der Waals surface area contributed by atoms with E-state index in [9.17, 15) is 4.79 Å². The van der Waals surface area contributed by atoms with E-state index in [1.807, 2.05) is 24.3 Å². The Hall–Kier alpha value is -2.17. The zero-order valence-electron chi connectivity index (χ0n) is 17.6. The number of hydrogen-bond acceptors (Lipinski definition) is 4. The second-order valence-electron chi connectivity index (χ2n) is 7.80. The Labute approximate surface area is 174 Å². The molecule has 1 aliphatic carbocycles. The van der Waals surface area contributed by atoms with Gasteiger partial charge in [-0.3, -0.25) is 0 Å². The van der Waals surface area contributed by atoms with Gasteiger partial charge in [-0.15, -0.1) is 0 Å². The molecule has 0 saturated heterocycles. The van der Waals surface area contributed by atoms with E-state index >= 15 is 0 Å². The van der Waals surface area contributed by atoms with E-state index in [1.54, 1.807) is 14.2 Å². The van der Waals surface area contributed by atoms with Crippen molar-refractivity contribution < 1.29 is 19.0 Å². The molecule has 4 nitrogen and oxygen atoms in total. The molecule has 2 aromatic rings. The minimum Gasteiger partial charge on any atom is -0.459 e. The zero-order valence-corrected chi connectivity index (χ0v) is 17.6. The smallest absolute Gasteiger partial charge is 0.338 e. The molecule has 0 amide bonds. The molecule has 156 valence electrons. The lowest BCUT2D eigenvalue weighted by molar-refractivity contribution is 0.0195. The number of benzene rings is 2. The molecular formula is C25H32O4. The molecule has 1 saturated carbocycles. The normalized spacial score (nSPS) is 19.1. The largest absolute Gasteiger partial charge is 0.459 e. The average molecular weight is 397 g/mol. The molecule has 0 aliphatic heterocycles. The number of ether oxygens (including phenoxy) is 3. The van der Waals surface area contributed by atoms with E-state index in [-0.39, 0.29) is 12.1 Å². The van der Waals surface area contributed by atoms with E-state index in [4.69, 9.17) is 14.2 Å². The molecule has 2 aromatic carbocycles. The van der Waals surface area contributed by atoms with Gasteiger partial charge < -0.3 is 14.2 Å². The van der Waals surface area contributed by atoms with Gasteiger partial charge in [0, 0.05) is 14.2 Å². The van der Waals surface area contributed by atoms with Crippen molar-refractivity contribution in [2.45, 2.75) is 50.5 Å². The first-order valence-corrected chi connectivity index (χ1v) is 10.6. The third-order valence-corrected chi connectivity index (χ3v) is 5.78. The molecule has 0 unspecified atom stereocenters. The van der Waals surface area contributed by atoms with Crippen molar-refractivity contribution in [3.63, 3.8) is 0 Å². The molecule has 4 heteroatoms. The van der Waals surface area contributed by atoms with E-state index in [0.717, 1.165) is 50.7 Å². The highest BCUT2D eigenvalue weighted by atomic mass is 16.5. The first-order valence-electron chi connectivity index (χ1n) is 10.6. The Bertz CT molecular complexity index is 743. The summed E-state index contributed by atoms with van der Waals surface area (Å²) < 4.78 is 16.0. The number of carbonyl (C=O) groups is 1. The first-order chi connectivity index (χ1) is 14.2. The molecule has 3 rings (SSSR count). The highest BCUT2D eigenvalue weighted by molar-refractivity contribution is 5.89. The van der Waals surface area contributed by atoms with Gasteiger partial charge in [0.15, 0.2) is 0 Å². The minimum atomic E-state index is -0.214. The molecule has 0 atom stereocenters. The summed E-state index contributed by atoms with van der Waals surface area (Å²) >= 11 is 0. The van der Waals surface area contributed by atoms with Crippen LogP contribution >= 0.6 is 0 Å². The maximum Gasteiger partial charge on any atom is 0.338 e. The molecule has 1 aliphatic rings. The Morgan fingerprint density at radius 3 is 1.83 bits per heavy atom. The molecule has 0 spiro atoms. The highest BCUT2D eigenvalue weighted by Gasteiger charge is 2.25. The van der Waals surface area contributed by atoms with Crippen molar-refractivity contribution in [1.29, 1.82) is 0 Å². The van der Waals surface area contributed by atoms with Crippen LogP contribution in [0, 0.1) is 0 Å². The van der Waals surface area contributed by atoms with Crippen LogP contribution in [0.5, 0.6) is 0 Å². The van der Waals surface area contributed by atoms with Crippen molar-refractivity contribution in [2.75, 3.05) is 27.4 Å². The lowest BCUT2D eigenvalue weighted by atomic mass is 9.82. The second-order valence-corrected chi connectivity index (χ2v) is 7.80. The van der Waals surface area contributed by atoms with Gasteiger partial charge in [0.2, 0.25) is 0 Å². The van der Waals surface area contributed by atoms with Crippen molar-refractivity contribution >= 4 is 5.97 Å². The predicted octanol–water partition coefficient (Wildman–Crippen LogP) is 4.95. The van der Waals surface area contributed by atoms with Gasteiger partial charge in [0.1, 0.15) is 6.10 Å². The van der Waals surface area contributed by atoms with E-state index in [2.05, 4.69) is 24.3 Å². The zero-order chi connectivity index (χ0) is 20.5. The van der Waals surface area contributed by atoms with Crippen LogP contribution in [0.2, 0.25) is 0 Å². The SMILES string of the molecule is COCCc1ccc(C(=O)OC2CCC(c3ccc(CCOC)cc3)CC2)cc1. The van der Waals surface area contributed by atoms with Gasteiger partial charge >= 0.3 is 5.97 Å². The summed E-state index contributed by atoms with van der Waals surface area (Å²) in [5.74, 6) is 0.343. The quantitative estimate of drug-likeness (QED) is 0.563. The van der Waals surface area contributed by atoms with Crippen LogP contribution in [0.4, 0.5) is 0 Å². The predicted molar refractivity (Wildman–Crippen MR) is 114 cm³/mol. The molecular weight excluding hydrogens is 364 g/mol. The van der Waals surface area contributed by atoms with Crippen LogP contribution in [0.25, 0.3) is 0 Å². The number of carbonyl (C=O) groups excluding carboxylic acids is 1. The Morgan fingerprint density at radius 2 is 1.31 bits per heavy atom. The van der Waals surface area contributed by atoms with Crippen molar-refractivity contribution in [3.05, 3.63) is 70.8 Å². The Kier molecular flexibility index (Phi) is 8.26. The Balaban J connectivity index is 1.46. The topological polar surface area (TPSA) is 44.8 Å². The van der Waals surface area contributed by atoms with Gasteiger partial charge in [0.05, 0.1) is 18.8 Å². The summed E-state index contributed by atoms with van der Waals surface area (Å²) in [5.41, 5.74) is 4.49. The van der Waals surface area contributed by atoms with Crippen LogP contribution < -0.4 is 0 Å². The minimum absolute atomic E-state index is 0.0212. The van der Waals surface area contributed by atoms with E-state index in [1.165, 1.54) is 11.1 Å². The average Bonchev–Trinajstić information content (AvgIpc) is 2.77. The van der Waals surface area contributed by atoms with Gasteiger partial charge in [-0.1, -0.05) is 36.4 Å². The van der Waals surface area contributed by atoms with E-state index < -0.39 is 0 Å². The maximum atomic E-state index is 12.5. The lowest BCUT2D eigenvalue weighted by Gasteiger charge is -2.28. The van der Waals surface area contributed by atoms with Crippen LogP contribution in [0.15, 0.2) is 48.5 Å². The number of esters is 1. The van der Waals surface area contributed by atoms with Gasteiger partial charge in [-0.2, -0.15) is 0 Å². The standard InChI is InChI=1S/C25H32O4/c1-27-17-15-19-3-7-21(8-4-19)22-11-13-24(14-12-22)29-25(26)23-9-5-20(6-10-23)16-18-28-2/h3-10,22,24H,11-18H2,1-2H3. The first kappa shape index (κ1) is 21.5. The van der Waals surface area contributed by atoms with Crippen LogP contribution in [-0.4, -0.2) is 39.5 Å². The Morgan fingerprint density at radius 1 is 0.793 bits per heavy atom. The second kappa shape index (κ2) is 11.1. The summed E-state index contributed by atoms with van der Waals surface area (Å²) in [5, 5.41) is 0. The fourth-order valence-corrected chi connectivity index (χ4v) is 3.94. The van der Waals surface area contributed by atoms with Gasteiger partial charge in [0.25, 0.3) is 0 Å². The van der Waals surface area contributed by atoms with Crippen LogP contribution in [-0.2, 0) is 27.1 Å². The molecule has 0 aromatic heterocycles. The van der Waals surface area contributed by atoms with Crippen LogP contribution in [0.3, 0.4) is 0 Å². The van der Waals surface area contributed by atoms with Crippen molar-refractivity contribution in [2.24, 2.45) is 0 Å². The number of rotatable bonds is 9. The highest BCUT2D eigenvalue weighted by Crippen LogP contribution is 2.34. The van der Waals surface area contributed by atoms with Gasteiger partial charge in [-0.05, 0) is 73.3 Å². The van der Waals surface area contributed by atoms with E-state index in [0.29, 0.717) is 18.1 Å². The monoisotopic (exact) mass is 396 g/mol. The fourth-order valence-electron chi connectivity index (χ4n) is 3.94. The number of methoxy groups -OCH3 is 2. The molecule has 0 heterocycles. The van der Waals surface area contributed by atoms with Gasteiger partial charge in [-0.25, -0.2) is 4.79 Å². The van der Waals surface area contributed by atoms with Crippen molar-refractivity contribution in [3.8, 4) is 0 Å². The molecule has 0 radical (unpaired) electrons. The molecule has 1 fully saturated rings. The molecule has 29 heavy (non-hydrogen) atoms.